The van der Waals surface area contributed by atoms with Crippen molar-refractivity contribution >= 4 is 10.8 Å². The highest BCUT2D eigenvalue weighted by atomic mass is 15.0. The Kier molecular flexibility index (Phi) is 5.32. The van der Waals surface area contributed by atoms with Gasteiger partial charge in [-0.2, -0.15) is 0 Å². The lowest BCUT2D eigenvalue weighted by Gasteiger charge is -2.10. The summed E-state index contributed by atoms with van der Waals surface area (Å²) in [5, 5.41) is 2.33. The smallest absolute Gasteiger partial charge is 0.164 e. The van der Waals surface area contributed by atoms with Crippen LogP contribution < -0.4 is 0 Å². The van der Waals surface area contributed by atoms with E-state index in [1.54, 1.807) is 0 Å². The quantitative estimate of drug-likeness (QED) is 0.281. The summed E-state index contributed by atoms with van der Waals surface area (Å²) in [7, 11) is 0. The Labute approximate surface area is 204 Å². The van der Waals surface area contributed by atoms with E-state index in [0.717, 1.165) is 39.0 Å². The number of hydrogen-bond acceptors (Lipinski definition) is 4. The molecule has 0 saturated heterocycles. The van der Waals surface area contributed by atoms with Crippen molar-refractivity contribution in [3.05, 3.63) is 121 Å². The molecular formula is C31H22N4. The molecule has 0 atom stereocenters. The molecule has 4 aromatic carbocycles. The highest BCUT2D eigenvalue weighted by Gasteiger charge is 2.13. The summed E-state index contributed by atoms with van der Waals surface area (Å²) in [6.07, 6.45) is 0. The fourth-order valence-electron chi connectivity index (χ4n) is 4.27. The Morgan fingerprint density at radius 2 is 0.886 bits per heavy atom. The lowest BCUT2D eigenvalue weighted by Crippen LogP contribution is -2.00. The molecule has 4 heteroatoms. The minimum absolute atomic E-state index is 0.645. The average Bonchev–Trinajstić information content (AvgIpc) is 2.93. The van der Waals surface area contributed by atoms with Crippen molar-refractivity contribution in [2.75, 3.05) is 0 Å². The minimum Gasteiger partial charge on any atom is -0.252 e. The summed E-state index contributed by atoms with van der Waals surface area (Å²) in [5.41, 5.74) is 5.90. The van der Waals surface area contributed by atoms with Crippen LogP contribution in [0.25, 0.3) is 56.2 Å². The van der Waals surface area contributed by atoms with Gasteiger partial charge in [0, 0.05) is 33.3 Å². The van der Waals surface area contributed by atoms with Crippen molar-refractivity contribution in [2.45, 2.75) is 6.92 Å². The third kappa shape index (κ3) is 4.18. The number of benzene rings is 4. The zero-order chi connectivity index (χ0) is 23.6. The van der Waals surface area contributed by atoms with Gasteiger partial charge in [0.2, 0.25) is 0 Å². The monoisotopic (exact) mass is 450 g/mol. The second kappa shape index (κ2) is 8.92. The maximum Gasteiger partial charge on any atom is 0.164 e. The fourth-order valence-corrected chi connectivity index (χ4v) is 4.27. The molecule has 0 saturated carbocycles. The van der Waals surface area contributed by atoms with Crippen LogP contribution in [0, 0.1) is 6.92 Å². The largest absolute Gasteiger partial charge is 0.252 e. The molecule has 4 nitrogen and oxygen atoms in total. The number of nitrogens with zero attached hydrogens (tertiary/aromatic N) is 4. The first kappa shape index (κ1) is 20.9. The third-order valence-corrected chi connectivity index (χ3v) is 5.98. The van der Waals surface area contributed by atoms with E-state index >= 15 is 0 Å². The number of pyridine rings is 1. The predicted molar refractivity (Wildman–Crippen MR) is 142 cm³/mol. The average molecular weight is 451 g/mol. The van der Waals surface area contributed by atoms with Gasteiger partial charge in [0.25, 0.3) is 0 Å². The van der Waals surface area contributed by atoms with Gasteiger partial charge in [-0.15, -0.1) is 0 Å². The van der Waals surface area contributed by atoms with Gasteiger partial charge in [-0.05, 0) is 18.4 Å². The molecule has 0 bridgehead atoms. The van der Waals surface area contributed by atoms with E-state index in [1.165, 1.54) is 5.39 Å². The lowest BCUT2D eigenvalue weighted by molar-refractivity contribution is 1.07. The number of rotatable bonds is 4. The SMILES string of the molecule is Cc1cc2ccccc2c(-c2ccc(-c3nc(-c4ccccc4)nc(-c4ccccc4)n3)cc2)n1. The third-order valence-electron chi connectivity index (χ3n) is 5.98. The van der Waals surface area contributed by atoms with Crippen molar-refractivity contribution in [3.8, 4) is 45.4 Å². The van der Waals surface area contributed by atoms with Crippen molar-refractivity contribution in [2.24, 2.45) is 0 Å². The van der Waals surface area contributed by atoms with Crippen molar-refractivity contribution in [1.29, 1.82) is 0 Å². The number of hydrogen-bond donors (Lipinski definition) is 0. The molecule has 0 aliphatic rings. The van der Waals surface area contributed by atoms with E-state index in [-0.39, 0.29) is 0 Å². The fraction of sp³-hybridized carbons (Fsp3) is 0.0323. The molecule has 0 aliphatic heterocycles. The van der Waals surface area contributed by atoms with Gasteiger partial charge in [-0.3, -0.25) is 4.98 Å². The summed E-state index contributed by atoms with van der Waals surface area (Å²) in [4.78, 5) is 19.3. The van der Waals surface area contributed by atoms with Crippen molar-refractivity contribution < 1.29 is 0 Å². The van der Waals surface area contributed by atoms with Crippen molar-refractivity contribution in [1.82, 2.24) is 19.9 Å². The molecular weight excluding hydrogens is 428 g/mol. The molecule has 2 heterocycles. The summed E-state index contributed by atoms with van der Waals surface area (Å²) in [6, 6.07) is 38.8. The van der Waals surface area contributed by atoms with Gasteiger partial charge >= 0.3 is 0 Å². The standard InChI is InChI=1S/C31H22N4/c1-21-20-26-14-8-9-15-27(26)28(32-21)22-16-18-25(19-17-22)31-34-29(23-10-4-2-5-11-23)33-30(35-31)24-12-6-3-7-13-24/h2-20H,1H3. The Balaban J connectivity index is 1.46. The van der Waals surface area contributed by atoms with Gasteiger partial charge in [0.05, 0.1) is 5.69 Å². The van der Waals surface area contributed by atoms with E-state index < -0.39 is 0 Å². The molecule has 6 rings (SSSR count). The van der Waals surface area contributed by atoms with Gasteiger partial charge in [-0.25, -0.2) is 15.0 Å². The highest BCUT2D eigenvalue weighted by Crippen LogP contribution is 2.30. The predicted octanol–water partition coefficient (Wildman–Crippen LogP) is 7.40. The molecule has 0 aliphatic carbocycles. The molecule has 0 radical (unpaired) electrons. The van der Waals surface area contributed by atoms with E-state index in [1.807, 2.05) is 67.6 Å². The van der Waals surface area contributed by atoms with Crippen LogP contribution in [-0.4, -0.2) is 19.9 Å². The molecule has 0 amide bonds. The number of fused-ring (bicyclic) bond motifs is 1. The summed E-state index contributed by atoms with van der Waals surface area (Å²) < 4.78 is 0. The molecule has 6 aromatic rings. The topological polar surface area (TPSA) is 51.6 Å². The van der Waals surface area contributed by atoms with Crippen LogP contribution >= 0.6 is 0 Å². The van der Waals surface area contributed by atoms with E-state index in [4.69, 9.17) is 19.9 Å². The lowest BCUT2D eigenvalue weighted by atomic mass is 10.0. The molecule has 35 heavy (non-hydrogen) atoms. The Hall–Kier alpha value is -4.70. The van der Waals surface area contributed by atoms with Crippen LogP contribution in [0.2, 0.25) is 0 Å². The molecule has 0 spiro atoms. The van der Waals surface area contributed by atoms with E-state index in [2.05, 4.69) is 54.6 Å². The maximum absolute atomic E-state index is 4.84. The Morgan fingerprint density at radius 3 is 1.46 bits per heavy atom. The van der Waals surface area contributed by atoms with Gasteiger partial charge < -0.3 is 0 Å². The molecule has 0 fully saturated rings. The zero-order valence-corrected chi connectivity index (χ0v) is 19.3. The number of aryl methyl sites for hydroxylation is 1. The second-order valence-corrected chi connectivity index (χ2v) is 8.45. The molecule has 0 N–H and O–H groups in total. The highest BCUT2D eigenvalue weighted by molar-refractivity contribution is 5.95. The van der Waals surface area contributed by atoms with Crippen LogP contribution in [0.1, 0.15) is 5.69 Å². The summed E-state index contributed by atoms with van der Waals surface area (Å²) in [6.45, 7) is 2.03. The minimum atomic E-state index is 0.645. The molecule has 0 unspecified atom stereocenters. The second-order valence-electron chi connectivity index (χ2n) is 8.45. The van der Waals surface area contributed by atoms with Crippen molar-refractivity contribution in [3.63, 3.8) is 0 Å². The maximum atomic E-state index is 4.84. The Bertz CT molecular complexity index is 1570. The van der Waals surface area contributed by atoms with Crippen LogP contribution in [0.4, 0.5) is 0 Å². The zero-order valence-electron chi connectivity index (χ0n) is 19.3. The number of aromatic nitrogens is 4. The summed E-state index contributed by atoms with van der Waals surface area (Å²) >= 11 is 0. The first-order valence-corrected chi connectivity index (χ1v) is 11.6. The van der Waals surface area contributed by atoms with Crippen LogP contribution in [-0.2, 0) is 0 Å². The van der Waals surface area contributed by atoms with Gasteiger partial charge in [-0.1, -0.05) is 109 Å². The Morgan fingerprint density at radius 1 is 0.429 bits per heavy atom. The van der Waals surface area contributed by atoms with Crippen LogP contribution in [0.5, 0.6) is 0 Å². The normalized spacial score (nSPS) is 11.0. The van der Waals surface area contributed by atoms with E-state index in [9.17, 15) is 0 Å². The first-order chi connectivity index (χ1) is 17.2. The van der Waals surface area contributed by atoms with Gasteiger partial charge in [0.1, 0.15) is 0 Å². The first-order valence-electron chi connectivity index (χ1n) is 11.6. The molecule has 166 valence electrons. The summed E-state index contributed by atoms with van der Waals surface area (Å²) in [5.74, 6) is 1.96. The molecule has 2 aromatic heterocycles. The van der Waals surface area contributed by atoms with E-state index in [0.29, 0.717) is 17.5 Å². The van der Waals surface area contributed by atoms with Crippen LogP contribution in [0.3, 0.4) is 0 Å². The van der Waals surface area contributed by atoms with Crippen LogP contribution in [0.15, 0.2) is 115 Å². The van der Waals surface area contributed by atoms with Gasteiger partial charge in [0.15, 0.2) is 17.5 Å².